The van der Waals surface area contributed by atoms with Gasteiger partial charge in [-0.2, -0.15) is 13.2 Å². The first-order valence-electron chi connectivity index (χ1n) is 6.03. The third-order valence-electron chi connectivity index (χ3n) is 2.95. The highest BCUT2D eigenvalue weighted by molar-refractivity contribution is 9.10. The summed E-state index contributed by atoms with van der Waals surface area (Å²) in [5.74, 6) is -3.90. The molecule has 1 aromatic heterocycles. The van der Waals surface area contributed by atoms with E-state index in [1.165, 1.54) is 12.3 Å². The maximum atomic E-state index is 12.7. The minimum atomic E-state index is -5.19. The minimum absolute atomic E-state index is 0.0392. The number of halogens is 4. The lowest BCUT2D eigenvalue weighted by atomic mass is 9.99. The number of hydrogen-bond donors (Lipinski definition) is 0. The summed E-state index contributed by atoms with van der Waals surface area (Å²) in [5.41, 5.74) is 0.0392. The summed E-state index contributed by atoms with van der Waals surface area (Å²) in [6.45, 7) is 0.613. The first-order chi connectivity index (χ1) is 10.2. The number of carbonyl (C=O) groups is 3. The summed E-state index contributed by atoms with van der Waals surface area (Å²) in [7, 11) is 0. The van der Waals surface area contributed by atoms with Crippen LogP contribution in [0.5, 0.6) is 0 Å². The van der Waals surface area contributed by atoms with Gasteiger partial charge in [-0.05, 0) is 22.9 Å². The van der Waals surface area contributed by atoms with Crippen LogP contribution in [0.2, 0.25) is 0 Å². The van der Waals surface area contributed by atoms with Crippen molar-refractivity contribution in [3.63, 3.8) is 0 Å². The largest absolute Gasteiger partial charge is 0.471 e. The molecule has 0 radical (unpaired) electrons. The standard InChI is InChI=1S/C12H9BrF3NO4S/c1-2-21-10(19)8-7-5(13)4-22-9(7)6(18)3-17(8)11(20)12(14,15)16/h4,8H,2-3H2,1H3. The van der Waals surface area contributed by atoms with Crippen molar-refractivity contribution in [2.24, 2.45) is 0 Å². The zero-order valence-electron chi connectivity index (χ0n) is 11.1. The molecular formula is C12H9BrF3NO4S. The Morgan fingerprint density at radius 2 is 2.14 bits per heavy atom. The number of hydrogen-bond acceptors (Lipinski definition) is 5. The quantitative estimate of drug-likeness (QED) is 0.717. The molecule has 0 spiro atoms. The molecule has 10 heteroatoms. The van der Waals surface area contributed by atoms with Crippen molar-refractivity contribution >= 4 is 44.9 Å². The Morgan fingerprint density at radius 1 is 1.50 bits per heavy atom. The summed E-state index contributed by atoms with van der Waals surface area (Å²) >= 11 is 4.09. The maximum absolute atomic E-state index is 12.7. The van der Waals surface area contributed by atoms with E-state index in [1.54, 1.807) is 0 Å². The van der Waals surface area contributed by atoms with Gasteiger partial charge in [0.05, 0.1) is 18.0 Å². The van der Waals surface area contributed by atoms with Crippen LogP contribution < -0.4 is 0 Å². The molecule has 1 aromatic rings. The Morgan fingerprint density at radius 3 is 2.68 bits per heavy atom. The van der Waals surface area contributed by atoms with Crippen LogP contribution in [0.1, 0.15) is 28.2 Å². The third-order valence-corrected chi connectivity index (χ3v) is 4.94. The van der Waals surface area contributed by atoms with Crippen LogP contribution in [0.3, 0.4) is 0 Å². The van der Waals surface area contributed by atoms with Crippen LogP contribution in [-0.2, 0) is 14.3 Å². The Bertz CT molecular complexity index is 643. The van der Waals surface area contributed by atoms with Gasteiger partial charge in [-0.1, -0.05) is 0 Å². The highest BCUT2D eigenvalue weighted by atomic mass is 79.9. The van der Waals surface area contributed by atoms with Gasteiger partial charge in [0, 0.05) is 15.4 Å². The van der Waals surface area contributed by atoms with Gasteiger partial charge < -0.3 is 9.64 Å². The zero-order valence-corrected chi connectivity index (χ0v) is 13.5. The Balaban J connectivity index is 2.54. The monoisotopic (exact) mass is 399 g/mol. The molecule has 0 fully saturated rings. The normalized spacial score (nSPS) is 18.1. The number of amides is 1. The van der Waals surface area contributed by atoms with Crippen molar-refractivity contribution < 1.29 is 32.3 Å². The Kier molecular flexibility index (Phi) is 4.62. The minimum Gasteiger partial charge on any atom is -0.464 e. The molecule has 22 heavy (non-hydrogen) atoms. The van der Waals surface area contributed by atoms with Gasteiger partial charge in [0.1, 0.15) is 0 Å². The lowest BCUT2D eigenvalue weighted by molar-refractivity contribution is -0.190. The van der Waals surface area contributed by atoms with Crippen LogP contribution in [-0.4, -0.2) is 41.9 Å². The number of esters is 1. The van der Waals surface area contributed by atoms with Gasteiger partial charge >= 0.3 is 18.1 Å². The molecule has 0 aromatic carbocycles. The second-order valence-electron chi connectivity index (χ2n) is 4.34. The third kappa shape index (κ3) is 2.89. The van der Waals surface area contributed by atoms with Crippen molar-refractivity contribution in [1.82, 2.24) is 4.90 Å². The molecular weight excluding hydrogens is 391 g/mol. The molecule has 0 N–H and O–H groups in total. The molecule has 1 amide bonds. The summed E-state index contributed by atoms with van der Waals surface area (Å²) in [4.78, 5) is 35.9. The van der Waals surface area contributed by atoms with E-state index >= 15 is 0 Å². The second-order valence-corrected chi connectivity index (χ2v) is 6.07. The van der Waals surface area contributed by atoms with Gasteiger partial charge in [0.25, 0.3) is 0 Å². The zero-order chi connectivity index (χ0) is 16.7. The molecule has 1 unspecified atom stereocenters. The van der Waals surface area contributed by atoms with Crippen molar-refractivity contribution in [3.8, 4) is 0 Å². The van der Waals surface area contributed by atoms with Crippen LogP contribution in [0.4, 0.5) is 13.2 Å². The molecule has 1 aliphatic rings. The van der Waals surface area contributed by atoms with E-state index in [2.05, 4.69) is 15.9 Å². The van der Waals surface area contributed by atoms with Gasteiger partial charge in [0.2, 0.25) is 0 Å². The summed E-state index contributed by atoms with van der Waals surface area (Å²) in [5, 5.41) is 1.48. The molecule has 2 rings (SSSR count). The van der Waals surface area contributed by atoms with Gasteiger partial charge in [0.15, 0.2) is 11.8 Å². The van der Waals surface area contributed by atoms with Crippen LogP contribution >= 0.6 is 27.3 Å². The number of Topliss-reactive ketones (excluding diaryl/α,β-unsaturated/α-hetero) is 1. The lowest BCUT2D eigenvalue weighted by Crippen LogP contribution is -2.50. The van der Waals surface area contributed by atoms with E-state index < -0.39 is 36.4 Å². The highest BCUT2D eigenvalue weighted by Crippen LogP contribution is 2.41. The number of alkyl halides is 3. The SMILES string of the molecule is CCOC(=O)C1c2c(Br)csc2C(=O)CN1C(=O)C(F)(F)F. The van der Waals surface area contributed by atoms with Crippen molar-refractivity contribution in [3.05, 3.63) is 20.3 Å². The predicted molar refractivity (Wildman–Crippen MR) is 73.5 cm³/mol. The van der Waals surface area contributed by atoms with E-state index in [1.807, 2.05) is 0 Å². The fraction of sp³-hybridized carbons (Fsp3) is 0.417. The molecule has 0 aliphatic carbocycles. The molecule has 5 nitrogen and oxygen atoms in total. The van der Waals surface area contributed by atoms with Crippen LogP contribution in [0.15, 0.2) is 9.85 Å². The molecule has 2 heterocycles. The van der Waals surface area contributed by atoms with E-state index in [9.17, 15) is 27.6 Å². The van der Waals surface area contributed by atoms with Crippen molar-refractivity contribution in [2.45, 2.75) is 19.1 Å². The van der Waals surface area contributed by atoms with E-state index in [-0.39, 0.29) is 21.9 Å². The fourth-order valence-electron chi connectivity index (χ4n) is 2.11. The predicted octanol–water partition coefficient (Wildman–Crippen LogP) is 2.70. The molecule has 1 aliphatic heterocycles. The lowest BCUT2D eigenvalue weighted by Gasteiger charge is -2.33. The fourth-order valence-corrected chi connectivity index (χ4v) is 3.83. The first-order valence-corrected chi connectivity index (χ1v) is 7.70. The van der Waals surface area contributed by atoms with Crippen molar-refractivity contribution in [1.29, 1.82) is 0 Å². The van der Waals surface area contributed by atoms with Crippen LogP contribution in [0.25, 0.3) is 0 Å². The van der Waals surface area contributed by atoms with E-state index in [0.717, 1.165) is 11.3 Å². The maximum Gasteiger partial charge on any atom is 0.471 e. The second kappa shape index (κ2) is 5.99. The number of rotatable bonds is 2. The number of ketones is 1. The molecule has 0 saturated heterocycles. The smallest absolute Gasteiger partial charge is 0.464 e. The Labute approximate surface area is 135 Å². The number of nitrogens with zero attached hydrogens (tertiary/aromatic N) is 1. The van der Waals surface area contributed by atoms with Gasteiger partial charge in [-0.25, -0.2) is 4.79 Å². The molecule has 120 valence electrons. The van der Waals surface area contributed by atoms with Crippen molar-refractivity contribution in [2.75, 3.05) is 13.2 Å². The van der Waals surface area contributed by atoms with Gasteiger partial charge in [-0.15, -0.1) is 11.3 Å². The highest BCUT2D eigenvalue weighted by Gasteiger charge is 2.51. The summed E-state index contributed by atoms with van der Waals surface area (Å²) in [6, 6.07) is -1.60. The number of ether oxygens (including phenoxy) is 1. The van der Waals surface area contributed by atoms with E-state index in [0.29, 0.717) is 4.47 Å². The van der Waals surface area contributed by atoms with E-state index in [4.69, 9.17) is 4.74 Å². The van der Waals surface area contributed by atoms with Gasteiger partial charge in [-0.3, -0.25) is 9.59 Å². The number of carbonyl (C=O) groups excluding carboxylic acids is 3. The average Bonchev–Trinajstić information content (AvgIpc) is 2.80. The molecule has 0 bridgehead atoms. The molecule has 1 atom stereocenters. The first kappa shape index (κ1) is 16.9. The average molecular weight is 400 g/mol. The van der Waals surface area contributed by atoms with Crippen LogP contribution in [0, 0.1) is 0 Å². The summed E-state index contributed by atoms with van der Waals surface area (Å²) in [6.07, 6.45) is -5.19. The Hall–Kier alpha value is -1.42. The molecule has 0 saturated carbocycles. The summed E-state index contributed by atoms with van der Waals surface area (Å²) < 4.78 is 43.2. The number of thiophene rings is 1. The number of fused-ring (bicyclic) bond motifs is 1. The topological polar surface area (TPSA) is 63.7 Å².